The Kier molecular flexibility index (Phi) is 5.83. The molecule has 0 bridgehead atoms. The van der Waals surface area contributed by atoms with Crippen LogP contribution in [-0.4, -0.2) is 35.7 Å². The molecule has 1 fully saturated rings. The molecule has 0 spiro atoms. The van der Waals surface area contributed by atoms with Crippen LogP contribution in [0.1, 0.15) is 45.6 Å². The fourth-order valence-electron chi connectivity index (χ4n) is 2.80. The third-order valence-corrected chi connectivity index (χ3v) is 3.73. The number of alkyl carbamates (subject to hydrolysis) is 1. The predicted octanol–water partition coefficient (Wildman–Crippen LogP) is 3.57. The van der Waals surface area contributed by atoms with Crippen molar-refractivity contribution in [2.75, 3.05) is 13.1 Å². The highest BCUT2D eigenvalue weighted by atomic mass is 16.6. The molecule has 1 aromatic carbocycles. The summed E-state index contributed by atoms with van der Waals surface area (Å²) in [5, 5.41) is 3.03. The quantitative estimate of drug-likeness (QED) is 0.928. The van der Waals surface area contributed by atoms with Crippen LogP contribution in [0, 0.1) is 0 Å². The van der Waals surface area contributed by atoms with Gasteiger partial charge in [-0.3, -0.25) is 4.90 Å². The molecule has 1 aliphatic heterocycles. The zero-order valence-corrected chi connectivity index (χ0v) is 14.0. The molecular formula is C18H28N2O2. The number of carbonyl (C=O) groups excluding carboxylic acids is 1. The van der Waals surface area contributed by atoms with E-state index in [1.807, 2.05) is 26.8 Å². The third-order valence-electron chi connectivity index (χ3n) is 3.73. The van der Waals surface area contributed by atoms with E-state index in [4.69, 9.17) is 4.74 Å². The largest absolute Gasteiger partial charge is 0.444 e. The normalized spacial score (nSPS) is 20.2. The van der Waals surface area contributed by atoms with E-state index in [2.05, 4.69) is 34.5 Å². The molecular weight excluding hydrogens is 276 g/mol. The molecule has 1 atom stereocenters. The van der Waals surface area contributed by atoms with Gasteiger partial charge in [-0.2, -0.15) is 0 Å². The summed E-state index contributed by atoms with van der Waals surface area (Å²) in [6.07, 6.45) is 3.04. The lowest BCUT2D eigenvalue weighted by Crippen LogP contribution is -2.44. The Bertz CT molecular complexity index is 468. The summed E-state index contributed by atoms with van der Waals surface area (Å²) < 4.78 is 5.37. The average molecular weight is 304 g/mol. The Hall–Kier alpha value is -1.55. The van der Waals surface area contributed by atoms with Gasteiger partial charge in [0.15, 0.2) is 0 Å². The topological polar surface area (TPSA) is 41.6 Å². The summed E-state index contributed by atoms with van der Waals surface area (Å²) in [7, 11) is 0. The van der Waals surface area contributed by atoms with Gasteiger partial charge in [0.1, 0.15) is 5.60 Å². The summed E-state index contributed by atoms with van der Waals surface area (Å²) in [5.74, 6) is 0. The highest BCUT2D eigenvalue weighted by Crippen LogP contribution is 2.15. The zero-order valence-electron chi connectivity index (χ0n) is 14.0. The first-order valence-electron chi connectivity index (χ1n) is 8.18. The van der Waals surface area contributed by atoms with Gasteiger partial charge in [0.25, 0.3) is 0 Å². The first-order valence-corrected chi connectivity index (χ1v) is 8.18. The number of hydrogen-bond donors (Lipinski definition) is 1. The summed E-state index contributed by atoms with van der Waals surface area (Å²) >= 11 is 0. The SMILES string of the molecule is CC(C)(C)OC(=O)NC1CCCCN(Cc2ccccc2)C1. The fourth-order valence-corrected chi connectivity index (χ4v) is 2.80. The van der Waals surface area contributed by atoms with Crippen LogP contribution in [0.2, 0.25) is 0 Å². The van der Waals surface area contributed by atoms with E-state index < -0.39 is 5.60 Å². The minimum atomic E-state index is -0.446. The third kappa shape index (κ3) is 6.06. The lowest BCUT2D eigenvalue weighted by molar-refractivity contribution is 0.0492. The van der Waals surface area contributed by atoms with Crippen LogP contribution in [-0.2, 0) is 11.3 Å². The monoisotopic (exact) mass is 304 g/mol. The van der Waals surface area contributed by atoms with Crippen LogP contribution >= 0.6 is 0 Å². The standard InChI is InChI=1S/C18H28N2O2/c1-18(2,3)22-17(21)19-16-11-7-8-12-20(14-16)13-15-9-5-4-6-10-15/h4-6,9-10,16H,7-8,11-14H2,1-3H3,(H,19,21). The number of rotatable bonds is 3. The van der Waals surface area contributed by atoms with E-state index in [-0.39, 0.29) is 12.1 Å². The summed E-state index contributed by atoms with van der Waals surface area (Å²) in [6.45, 7) is 8.58. The van der Waals surface area contributed by atoms with Crippen LogP contribution in [0.25, 0.3) is 0 Å². The van der Waals surface area contributed by atoms with E-state index >= 15 is 0 Å². The molecule has 4 heteroatoms. The molecule has 0 aliphatic carbocycles. The van der Waals surface area contributed by atoms with Crippen LogP contribution < -0.4 is 5.32 Å². The van der Waals surface area contributed by atoms with Crippen LogP contribution in [0.15, 0.2) is 30.3 Å². The van der Waals surface area contributed by atoms with Crippen molar-refractivity contribution in [2.45, 2.75) is 58.2 Å². The lowest BCUT2D eigenvalue weighted by Gasteiger charge is -2.26. The van der Waals surface area contributed by atoms with Crippen molar-refractivity contribution in [2.24, 2.45) is 0 Å². The second kappa shape index (κ2) is 7.63. The lowest BCUT2D eigenvalue weighted by atomic mass is 10.1. The Morgan fingerprint density at radius 2 is 2.00 bits per heavy atom. The Labute approximate surface area is 133 Å². The van der Waals surface area contributed by atoms with Crippen LogP contribution in [0.5, 0.6) is 0 Å². The summed E-state index contributed by atoms with van der Waals surface area (Å²) in [4.78, 5) is 14.4. The molecule has 0 saturated carbocycles. The average Bonchev–Trinajstić information content (AvgIpc) is 2.63. The van der Waals surface area contributed by atoms with Crippen LogP contribution in [0.4, 0.5) is 4.79 Å². The van der Waals surface area contributed by atoms with Crippen molar-refractivity contribution >= 4 is 6.09 Å². The number of nitrogens with one attached hydrogen (secondary N) is 1. The van der Waals surface area contributed by atoms with E-state index in [0.717, 1.165) is 32.5 Å². The smallest absolute Gasteiger partial charge is 0.407 e. The highest BCUT2D eigenvalue weighted by molar-refractivity contribution is 5.68. The van der Waals surface area contributed by atoms with Gasteiger partial charge in [-0.25, -0.2) is 4.79 Å². The zero-order chi connectivity index (χ0) is 16.0. The van der Waals surface area contributed by atoms with Gasteiger partial charge in [-0.1, -0.05) is 36.8 Å². The Morgan fingerprint density at radius 1 is 1.27 bits per heavy atom. The minimum Gasteiger partial charge on any atom is -0.444 e. The molecule has 4 nitrogen and oxygen atoms in total. The van der Waals surface area contributed by atoms with Crippen molar-refractivity contribution in [3.05, 3.63) is 35.9 Å². The van der Waals surface area contributed by atoms with E-state index in [9.17, 15) is 4.79 Å². The fraction of sp³-hybridized carbons (Fsp3) is 0.611. The predicted molar refractivity (Wildman–Crippen MR) is 88.7 cm³/mol. The Morgan fingerprint density at radius 3 is 2.68 bits per heavy atom. The van der Waals surface area contributed by atoms with Crippen LogP contribution in [0.3, 0.4) is 0 Å². The van der Waals surface area contributed by atoms with Crippen molar-refractivity contribution in [1.82, 2.24) is 10.2 Å². The number of benzene rings is 1. The number of hydrogen-bond acceptors (Lipinski definition) is 3. The van der Waals surface area contributed by atoms with Gasteiger partial charge in [0.2, 0.25) is 0 Å². The summed E-state index contributed by atoms with van der Waals surface area (Å²) in [6, 6.07) is 10.7. The summed E-state index contributed by atoms with van der Waals surface area (Å²) in [5.41, 5.74) is 0.874. The molecule has 1 N–H and O–H groups in total. The van der Waals surface area contributed by atoms with Crippen molar-refractivity contribution in [1.29, 1.82) is 0 Å². The van der Waals surface area contributed by atoms with E-state index in [0.29, 0.717) is 0 Å². The molecule has 1 saturated heterocycles. The highest BCUT2D eigenvalue weighted by Gasteiger charge is 2.23. The second-order valence-corrected chi connectivity index (χ2v) is 7.06. The molecule has 1 heterocycles. The molecule has 1 aromatic rings. The molecule has 2 rings (SSSR count). The van der Waals surface area contributed by atoms with Gasteiger partial charge >= 0.3 is 6.09 Å². The van der Waals surface area contributed by atoms with Crippen molar-refractivity contribution in [3.63, 3.8) is 0 Å². The maximum Gasteiger partial charge on any atom is 0.407 e. The molecule has 22 heavy (non-hydrogen) atoms. The van der Waals surface area contributed by atoms with Crippen molar-refractivity contribution in [3.8, 4) is 0 Å². The number of ether oxygens (including phenoxy) is 1. The van der Waals surface area contributed by atoms with Gasteiger partial charge in [-0.05, 0) is 45.7 Å². The van der Waals surface area contributed by atoms with Gasteiger partial charge in [0, 0.05) is 19.1 Å². The molecule has 1 amide bonds. The number of likely N-dealkylation sites (tertiary alicyclic amines) is 1. The number of carbonyl (C=O) groups is 1. The van der Waals surface area contributed by atoms with E-state index in [1.54, 1.807) is 0 Å². The number of amides is 1. The van der Waals surface area contributed by atoms with Gasteiger partial charge in [0.05, 0.1) is 0 Å². The molecule has 0 radical (unpaired) electrons. The Balaban J connectivity index is 1.88. The van der Waals surface area contributed by atoms with Gasteiger partial charge in [-0.15, -0.1) is 0 Å². The second-order valence-electron chi connectivity index (χ2n) is 7.06. The maximum absolute atomic E-state index is 12.0. The molecule has 1 unspecified atom stereocenters. The van der Waals surface area contributed by atoms with Gasteiger partial charge < -0.3 is 10.1 Å². The maximum atomic E-state index is 12.0. The first-order chi connectivity index (χ1) is 10.4. The molecule has 122 valence electrons. The molecule has 1 aliphatic rings. The number of nitrogens with zero attached hydrogens (tertiary/aromatic N) is 1. The molecule has 0 aromatic heterocycles. The van der Waals surface area contributed by atoms with E-state index in [1.165, 1.54) is 12.0 Å². The first kappa shape index (κ1) is 16.8. The minimum absolute atomic E-state index is 0.168. The van der Waals surface area contributed by atoms with Crippen molar-refractivity contribution < 1.29 is 9.53 Å².